The molecule has 1 atom stereocenters. The van der Waals surface area contributed by atoms with E-state index in [4.69, 9.17) is 18.9 Å². The molecule has 3 rings (SSSR count). The molecular formula is C17H16O5. The molecule has 0 fully saturated rings. The zero-order chi connectivity index (χ0) is 15.5. The largest absolute Gasteiger partial charge is 0.497 e. The maximum atomic E-state index is 11.9. The maximum absolute atomic E-state index is 11.9. The van der Waals surface area contributed by atoms with Crippen LogP contribution in [0.2, 0.25) is 0 Å². The first-order chi connectivity index (χ1) is 10.7. The Morgan fingerprint density at radius 1 is 1.05 bits per heavy atom. The smallest absolute Gasteiger partial charge is 0.389 e. The Morgan fingerprint density at radius 3 is 2.55 bits per heavy atom. The Hall–Kier alpha value is -2.69. The molecule has 1 aliphatic rings. The van der Waals surface area contributed by atoms with Crippen molar-refractivity contribution in [3.05, 3.63) is 53.6 Å². The van der Waals surface area contributed by atoms with Crippen LogP contribution in [0, 0.1) is 0 Å². The maximum Gasteiger partial charge on any atom is 0.389 e. The van der Waals surface area contributed by atoms with Gasteiger partial charge in [0.05, 0.1) is 14.2 Å². The van der Waals surface area contributed by atoms with E-state index in [9.17, 15) is 4.79 Å². The van der Waals surface area contributed by atoms with Crippen LogP contribution in [0.1, 0.15) is 11.1 Å². The average molecular weight is 300 g/mol. The van der Waals surface area contributed by atoms with Crippen LogP contribution in [0.4, 0.5) is 0 Å². The van der Waals surface area contributed by atoms with Gasteiger partial charge in [-0.1, -0.05) is 24.3 Å². The van der Waals surface area contributed by atoms with Crippen LogP contribution in [0.15, 0.2) is 42.5 Å². The van der Waals surface area contributed by atoms with E-state index < -0.39 is 12.3 Å². The summed E-state index contributed by atoms with van der Waals surface area (Å²) in [5.74, 6) is 1.21. The molecule has 22 heavy (non-hydrogen) atoms. The number of rotatable bonds is 2. The molecule has 0 bridgehead atoms. The second-order valence-electron chi connectivity index (χ2n) is 4.85. The zero-order valence-corrected chi connectivity index (χ0v) is 12.4. The number of esters is 1. The quantitative estimate of drug-likeness (QED) is 0.798. The Labute approximate surface area is 128 Å². The van der Waals surface area contributed by atoms with Crippen molar-refractivity contribution in [2.24, 2.45) is 0 Å². The van der Waals surface area contributed by atoms with Crippen molar-refractivity contribution >= 4 is 5.97 Å². The highest BCUT2D eigenvalue weighted by atomic mass is 16.7. The third-order valence-electron chi connectivity index (χ3n) is 3.49. The molecule has 5 heteroatoms. The molecule has 1 aliphatic heterocycles. The third-order valence-corrected chi connectivity index (χ3v) is 3.49. The van der Waals surface area contributed by atoms with Crippen LogP contribution < -0.4 is 14.2 Å². The van der Waals surface area contributed by atoms with E-state index in [1.54, 1.807) is 13.2 Å². The minimum absolute atomic E-state index is 0.546. The number of carbonyl (C=O) groups is 1. The second kappa shape index (κ2) is 5.97. The molecule has 0 saturated heterocycles. The first kappa shape index (κ1) is 14.3. The monoisotopic (exact) mass is 300 g/mol. The number of benzene rings is 2. The summed E-state index contributed by atoms with van der Waals surface area (Å²) in [6.07, 6.45) is -0.513. The summed E-state index contributed by atoms with van der Waals surface area (Å²) in [6.45, 7) is 0. The number of ether oxygens (including phenoxy) is 4. The fourth-order valence-electron chi connectivity index (χ4n) is 2.33. The van der Waals surface area contributed by atoms with Gasteiger partial charge in [-0.05, 0) is 23.3 Å². The lowest BCUT2D eigenvalue weighted by atomic mass is 10.0. The van der Waals surface area contributed by atoms with Gasteiger partial charge < -0.3 is 18.9 Å². The number of para-hydroxylation sites is 1. The predicted molar refractivity (Wildman–Crippen MR) is 79.3 cm³/mol. The summed E-state index contributed by atoms with van der Waals surface area (Å²) in [7, 11) is 2.88. The van der Waals surface area contributed by atoms with Gasteiger partial charge in [0, 0.05) is 12.5 Å². The molecule has 114 valence electrons. The molecular weight excluding hydrogens is 284 g/mol. The Bertz CT molecular complexity index is 695. The molecule has 0 N–H and O–H groups in total. The molecule has 5 nitrogen and oxygen atoms in total. The lowest BCUT2D eigenvalue weighted by Gasteiger charge is -2.24. The predicted octanol–water partition coefficient (Wildman–Crippen LogP) is 2.56. The number of hydrogen-bond acceptors (Lipinski definition) is 5. The first-order valence-electron chi connectivity index (χ1n) is 6.87. The van der Waals surface area contributed by atoms with Crippen molar-refractivity contribution < 1.29 is 23.7 Å². The van der Waals surface area contributed by atoms with E-state index in [1.807, 2.05) is 36.4 Å². The van der Waals surface area contributed by atoms with Crippen LogP contribution in [0.25, 0.3) is 0 Å². The van der Waals surface area contributed by atoms with Gasteiger partial charge in [0.2, 0.25) is 0 Å². The van der Waals surface area contributed by atoms with Crippen LogP contribution >= 0.6 is 0 Å². The van der Waals surface area contributed by atoms with Crippen LogP contribution in [-0.2, 0) is 16.0 Å². The topological polar surface area (TPSA) is 54.0 Å². The molecule has 0 saturated carbocycles. The molecule has 0 aromatic heterocycles. The van der Waals surface area contributed by atoms with E-state index in [0.717, 1.165) is 11.1 Å². The number of hydrogen-bond donors (Lipinski definition) is 0. The van der Waals surface area contributed by atoms with Gasteiger partial charge in [-0.2, -0.15) is 0 Å². The highest BCUT2D eigenvalue weighted by molar-refractivity contribution is 5.74. The van der Waals surface area contributed by atoms with Gasteiger partial charge in [0.15, 0.2) is 0 Å². The van der Waals surface area contributed by atoms with E-state index >= 15 is 0 Å². The number of methoxy groups -OCH3 is 2. The Balaban J connectivity index is 2.07. The molecule has 1 heterocycles. The first-order valence-corrected chi connectivity index (χ1v) is 6.87. The van der Waals surface area contributed by atoms with Gasteiger partial charge in [-0.15, -0.1) is 0 Å². The van der Waals surface area contributed by atoms with Crippen LogP contribution in [0.3, 0.4) is 0 Å². The second-order valence-corrected chi connectivity index (χ2v) is 4.85. The molecule has 1 unspecified atom stereocenters. The zero-order valence-electron chi connectivity index (χ0n) is 12.4. The van der Waals surface area contributed by atoms with E-state index in [0.29, 0.717) is 23.7 Å². The van der Waals surface area contributed by atoms with Gasteiger partial charge in [0.1, 0.15) is 17.2 Å². The standard InChI is InChI=1S/C17H16O5/c1-19-13-8-7-12-9-11-5-3-4-6-14(11)21-17(16(18)20-2)22-15(12)10-13/h3-8,10,17H,9H2,1-2H3. The SMILES string of the molecule is COC(=O)C1Oc2ccccc2Cc2ccc(OC)cc2O1. The highest BCUT2D eigenvalue weighted by Gasteiger charge is 2.28. The Kier molecular flexibility index (Phi) is 3.87. The van der Waals surface area contributed by atoms with Gasteiger partial charge in [-0.3, -0.25) is 0 Å². The minimum Gasteiger partial charge on any atom is -0.497 e. The van der Waals surface area contributed by atoms with Crippen molar-refractivity contribution in [2.45, 2.75) is 12.7 Å². The fourth-order valence-corrected chi connectivity index (χ4v) is 2.33. The average Bonchev–Trinajstić information content (AvgIpc) is 2.54. The third kappa shape index (κ3) is 2.70. The molecule has 0 aliphatic carbocycles. The molecule has 0 amide bonds. The summed E-state index contributed by atoms with van der Waals surface area (Å²) < 4.78 is 21.4. The van der Waals surface area contributed by atoms with Gasteiger partial charge >= 0.3 is 12.3 Å². The summed E-state index contributed by atoms with van der Waals surface area (Å²) in [5, 5.41) is 0. The molecule has 2 aromatic rings. The van der Waals surface area contributed by atoms with Gasteiger partial charge in [-0.25, -0.2) is 4.79 Å². The molecule has 2 aromatic carbocycles. The number of fused-ring (bicyclic) bond motifs is 2. The lowest BCUT2D eigenvalue weighted by molar-refractivity contribution is -0.162. The van der Waals surface area contributed by atoms with Crippen molar-refractivity contribution in [3.8, 4) is 17.2 Å². The van der Waals surface area contributed by atoms with Crippen molar-refractivity contribution in [3.63, 3.8) is 0 Å². The Morgan fingerprint density at radius 2 is 1.77 bits per heavy atom. The van der Waals surface area contributed by atoms with Crippen LogP contribution in [-0.4, -0.2) is 26.5 Å². The fraction of sp³-hybridized carbons (Fsp3) is 0.235. The molecule has 0 radical (unpaired) electrons. The van der Waals surface area contributed by atoms with Crippen molar-refractivity contribution in [1.29, 1.82) is 0 Å². The van der Waals surface area contributed by atoms with E-state index in [-0.39, 0.29) is 0 Å². The summed E-state index contributed by atoms with van der Waals surface area (Å²) in [5.41, 5.74) is 1.93. The minimum atomic E-state index is -1.16. The lowest BCUT2D eigenvalue weighted by Crippen LogP contribution is -2.35. The van der Waals surface area contributed by atoms with E-state index in [2.05, 4.69) is 0 Å². The normalized spacial score (nSPS) is 16.0. The highest BCUT2D eigenvalue weighted by Crippen LogP contribution is 2.33. The molecule has 0 spiro atoms. The van der Waals surface area contributed by atoms with Crippen LogP contribution in [0.5, 0.6) is 17.2 Å². The number of carbonyl (C=O) groups excluding carboxylic acids is 1. The van der Waals surface area contributed by atoms with Crippen molar-refractivity contribution in [2.75, 3.05) is 14.2 Å². The summed E-state index contributed by atoms with van der Waals surface area (Å²) >= 11 is 0. The van der Waals surface area contributed by atoms with Crippen molar-refractivity contribution in [1.82, 2.24) is 0 Å². The summed E-state index contributed by atoms with van der Waals surface area (Å²) in [6, 6.07) is 13.1. The van der Waals surface area contributed by atoms with Gasteiger partial charge in [0.25, 0.3) is 0 Å². The van der Waals surface area contributed by atoms with E-state index in [1.165, 1.54) is 7.11 Å². The summed E-state index contributed by atoms with van der Waals surface area (Å²) in [4.78, 5) is 11.9.